The van der Waals surface area contributed by atoms with E-state index >= 15 is 0 Å². The minimum atomic E-state index is -0.456. The van der Waals surface area contributed by atoms with Crippen LogP contribution in [0.25, 0.3) is 0 Å². The second kappa shape index (κ2) is 5.99. The van der Waals surface area contributed by atoms with Crippen molar-refractivity contribution < 1.29 is 4.79 Å². The molecule has 0 saturated heterocycles. The second-order valence-corrected chi connectivity index (χ2v) is 5.77. The average molecular weight is 375 g/mol. The number of nitrogens with zero attached hydrogens (tertiary/aromatic N) is 1. The lowest BCUT2D eigenvalue weighted by Gasteiger charge is -2.10. The molecular weight excluding hydrogens is 365 g/mol. The molecule has 0 aliphatic carbocycles. The van der Waals surface area contributed by atoms with Gasteiger partial charge in [-0.15, -0.1) is 0 Å². The van der Waals surface area contributed by atoms with E-state index in [0.717, 1.165) is 5.56 Å². The number of anilines is 2. The summed E-state index contributed by atoms with van der Waals surface area (Å²) in [5, 5.41) is 3.47. The molecule has 0 spiro atoms. The van der Waals surface area contributed by atoms with Crippen molar-refractivity contribution in [2.45, 2.75) is 6.92 Å². The highest BCUT2D eigenvalue weighted by Gasteiger charge is 2.15. The van der Waals surface area contributed by atoms with E-state index in [1.54, 1.807) is 6.07 Å². The van der Waals surface area contributed by atoms with Gasteiger partial charge < -0.3 is 11.1 Å². The van der Waals surface area contributed by atoms with Crippen molar-refractivity contribution in [1.29, 1.82) is 0 Å². The number of aromatic nitrogens is 1. The molecule has 1 amide bonds. The summed E-state index contributed by atoms with van der Waals surface area (Å²) >= 11 is 15.3. The van der Waals surface area contributed by atoms with E-state index in [4.69, 9.17) is 28.9 Å². The third kappa shape index (κ3) is 3.23. The zero-order valence-electron chi connectivity index (χ0n) is 10.4. The second-order valence-electron chi connectivity index (χ2n) is 4.10. The number of hydrogen-bond donors (Lipinski definition) is 2. The SMILES string of the molecule is Cc1cc(Br)c(NC(=O)c2nc(N)ccc2Cl)cc1Cl. The number of aryl methyl sites for hydroxylation is 1. The van der Waals surface area contributed by atoms with Crippen LogP contribution in [0, 0.1) is 6.92 Å². The van der Waals surface area contributed by atoms with Crippen molar-refractivity contribution in [3.05, 3.63) is 50.0 Å². The van der Waals surface area contributed by atoms with Crippen molar-refractivity contribution in [1.82, 2.24) is 4.98 Å². The topological polar surface area (TPSA) is 68.0 Å². The summed E-state index contributed by atoms with van der Waals surface area (Å²) in [6.45, 7) is 1.87. The number of nitrogens with one attached hydrogen (secondary N) is 1. The molecule has 0 unspecified atom stereocenters. The van der Waals surface area contributed by atoms with Crippen LogP contribution in [0.3, 0.4) is 0 Å². The summed E-state index contributed by atoms with van der Waals surface area (Å²) in [6.07, 6.45) is 0. The first-order valence-corrected chi connectivity index (χ1v) is 7.12. The lowest BCUT2D eigenvalue weighted by Crippen LogP contribution is -2.15. The molecular formula is C13H10BrCl2N3O. The molecule has 3 N–H and O–H groups in total. The molecule has 0 radical (unpaired) electrons. The van der Waals surface area contributed by atoms with E-state index in [1.807, 2.05) is 13.0 Å². The third-order valence-corrected chi connectivity index (χ3v) is 3.95. The first kappa shape index (κ1) is 15.1. The Morgan fingerprint density at radius 3 is 2.70 bits per heavy atom. The molecule has 1 aromatic carbocycles. The molecule has 2 rings (SSSR count). The number of amides is 1. The number of rotatable bonds is 2. The van der Waals surface area contributed by atoms with Crippen LogP contribution >= 0.6 is 39.1 Å². The number of benzene rings is 1. The smallest absolute Gasteiger partial charge is 0.275 e. The summed E-state index contributed by atoms with van der Waals surface area (Å²) in [6, 6.07) is 6.51. The monoisotopic (exact) mass is 373 g/mol. The highest BCUT2D eigenvalue weighted by Crippen LogP contribution is 2.29. The van der Waals surface area contributed by atoms with Gasteiger partial charge in [0.1, 0.15) is 11.5 Å². The Balaban J connectivity index is 2.32. The Bertz CT molecular complexity index is 692. The van der Waals surface area contributed by atoms with E-state index < -0.39 is 5.91 Å². The van der Waals surface area contributed by atoms with Crippen molar-refractivity contribution >= 4 is 56.5 Å². The van der Waals surface area contributed by atoms with Gasteiger partial charge in [0.15, 0.2) is 0 Å². The molecule has 7 heteroatoms. The van der Waals surface area contributed by atoms with E-state index in [1.165, 1.54) is 12.1 Å². The normalized spacial score (nSPS) is 10.4. The van der Waals surface area contributed by atoms with Gasteiger partial charge >= 0.3 is 0 Å². The Hall–Kier alpha value is -1.30. The standard InChI is InChI=1S/C13H10BrCl2N3O/c1-6-4-7(14)10(5-9(6)16)18-13(20)12-8(15)2-3-11(17)19-12/h2-5H,1H3,(H2,17,19)(H,18,20). The molecule has 0 atom stereocenters. The Morgan fingerprint density at radius 1 is 1.30 bits per heavy atom. The largest absolute Gasteiger partial charge is 0.384 e. The number of hydrogen-bond acceptors (Lipinski definition) is 3. The number of nitrogen functional groups attached to an aromatic ring is 1. The summed E-state index contributed by atoms with van der Waals surface area (Å²) in [5.74, 6) is -0.233. The maximum absolute atomic E-state index is 12.2. The quantitative estimate of drug-likeness (QED) is 0.823. The van der Waals surface area contributed by atoms with Gasteiger partial charge in [-0.1, -0.05) is 23.2 Å². The van der Waals surface area contributed by atoms with Gasteiger partial charge in [0.05, 0.1) is 10.7 Å². The zero-order valence-corrected chi connectivity index (χ0v) is 13.5. The van der Waals surface area contributed by atoms with Gasteiger partial charge in [-0.3, -0.25) is 4.79 Å². The maximum Gasteiger partial charge on any atom is 0.275 e. The van der Waals surface area contributed by atoms with Crippen LogP contribution in [0.15, 0.2) is 28.7 Å². The molecule has 0 bridgehead atoms. The lowest BCUT2D eigenvalue weighted by atomic mass is 10.2. The molecule has 0 aliphatic heterocycles. The number of pyridine rings is 1. The van der Waals surface area contributed by atoms with E-state index in [2.05, 4.69) is 26.2 Å². The molecule has 104 valence electrons. The average Bonchev–Trinajstić information content (AvgIpc) is 2.38. The van der Waals surface area contributed by atoms with Crippen LogP contribution < -0.4 is 11.1 Å². The van der Waals surface area contributed by atoms with Crippen LogP contribution in [0.1, 0.15) is 16.1 Å². The lowest BCUT2D eigenvalue weighted by molar-refractivity contribution is 0.102. The fraction of sp³-hybridized carbons (Fsp3) is 0.0769. The molecule has 0 aliphatic rings. The van der Waals surface area contributed by atoms with Gasteiger partial charge in [-0.2, -0.15) is 0 Å². The van der Waals surface area contributed by atoms with Gasteiger partial charge in [0.25, 0.3) is 5.91 Å². The minimum Gasteiger partial charge on any atom is -0.384 e. The van der Waals surface area contributed by atoms with Crippen LogP contribution in [-0.4, -0.2) is 10.9 Å². The Kier molecular flexibility index (Phi) is 4.52. The molecule has 4 nitrogen and oxygen atoms in total. The van der Waals surface area contributed by atoms with Crippen molar-refractivity contribution in [2.75, 3.05) is 11.1 Å². The van der Waals surface area contributed by atoms with E-state index in [9.17, 15) is 4.79 Å². The predicted molar refractivity (Wildman–Crippen MR) is 85.5 cm³/mol. The van der Waals surface area contributed by atoms with Crippen LogP contribution in [-0.2, 0) is 0 Å². The molecule has 2 aromatic rings. The Labute approximate surface area is 134 Å². The summed E-state index contributed by atoms with van der Waals surface area (Å²) < 4.78 is 0.716. The van der Waals surface area contributed by atoms with Crippen LogP contribution in [0.5, 0.6) is 0 Å². The van der Waals surface area contributed by atoms with Gasteiger partial charge in [0, 0.05) is 9.50 Å². The highest BCUT2D eigenvalue weighted by molar-refractivity contribution is 9.10. The van der Waals surface area contributed by atoms with Crippen LogP contribution in [0.2, 0.25) is 10.0 Å². The number of carbonyl (C=O) groups excluding carboxylic acids is 1. The molecule has 1 heterocycles. The predicted octanol–water partition coefficient (Wildman–Crippen LogP) is 4.29. The fourth-order valence-electron chi connectivity index (χ4n) is 1.54. The van der Waals surface area contributed by atoms with Gasteiger partial charge in [-0.25, -0.2) is 4.98 Å². The van der Waals surface area contributed by atoms with E-state index in [-0.39, 0.29) is 16.5 Å². The first-order chi connectivity index (χ1) is 9.38. The van der Waals surface area contributed by atoms with Gasteiger partial charge in [-0.05, 0) is 52.7 Å². The summed E-state index contributed by atoms with van der Waals surface area (Å²) in [5.41, 5.74) is 7.05. The Morgan fingerprint density at radius 2 is 2.00 bits per heavy atom. The first-order valence-electron chi connectivity index (χ1n) is 5.57. The number of carbonyl (C=O) groups is 1. The maximum atomic E-state index is 12.2. The van der Waals surface area contributed by atoms with Crippen molar-refractivity contribution in [3.8, 4) is 0 Å². The van der Waals surface area contributed by atoms with Crippen LogP contribution in [0.4, 0.5) is 11.5 Å². The fourth-order valence-corrected chi connectivity index (χ4v) is 2.45. The molecule has 0 fully saturated rings. The van der Waals surface area contributed by atoms with Crippen molar-refractivity contribution in [3.63, 3.8) is 0 Å². The van der Waals surface area contributed by atoms with Gasteiger partial charge in [0.2, 0.25) is 0 Å². The number of halogens is 3. The zero-order chi connectivity index (χ0) is 14.9. The number of nitrogens with two attached hydrogens (primary N) is 1. The molecule has 1 aromatic heterocycles. The third-order valence-electron chi connectivity index (χ3n) is 2.58. The van der Waals surface area contributed by atoms with E-state index in [0.29, 0.717) is 15.2 Å². The summed E-state index contributed by atoms with van der Waals surface area (Å²) in [7, 11) is 0. The van der Waals surface area contributed by atoms with Crippen molar-refractivity contribution in [2.24, 2.45) is 0 Å². The minimum absolute atomic E-state index is 0.0651. The molecule has 20 heavy (non-hydrogen) atoms. The molecule has 0 saturated carbocycles. The summed E-state index contributed by atoms with van der Waals surface area (Å²) in [4.78, 5) is 16.1. The highest BCUT2D eigenvalue weighted by atomic mass is 79.9.